The van der Waals surface area contributed by atoms with Crippen LogP contribution in [0.25, 0.3) is 0 Å². The molecule has 0 saturated carbocycles. The highest BCUT2D eigenvalue weighted by Gasteiger charge is 2.21. The number of hydrogen-bond donors (Lipinski definition) is 0. The van der Waals surface area contributed by atoms with Crippen LogP contribution in [-0.2, 0) is 32.7 Å². The van der Waals surface area contributed by atoms with Gasteiger partial charge in [-0.1, -0.05) is 150 Å². The summed E-state index contributed by atoms with van der Waals surface area (Å²) in [4.78, 5) is 37.4. The quantitative estimate of drug-likeness (QED) is 0.0205. The minimum absolute atomic E-state index is 0.0493. The summed E-state index contributed by atoms with van der Waals surface area (Å²) in [6.45, 7) is 3.93. The van der Waals surface area contributed by atoms with Crippen molar-refractivity contribution in [2.75, 3.05) is 47.5 Å². The summed E-state index contributed by atoms with van der Waals surface area (Å²) < 4.78 is 33.7. The average Bonchev–Trinajstić information content (AvgIpc) is 3.13. The molecule has 0 bridgehead atoms. The molecule has 0 aromatic rings. The molecule has 55 heavy (non-hydrogen) atoms. The maximum absolute atomic E-state index is 12.6. The van der Waals surface area contributed by atoms with Gasteiger partial charge in [-0.25, -0.2) is 0 Å². The van der Waals surface area contributed by atoms with Gasteiger partial charge in [-0.2, -0.15) is 0 Å². The van der Waals surface area contributed by atoms with Gasteiger partial charge in [-0.05, 0) is 57.8 Å². The number of ether oxygens (including phenoxy) is 2. The normalized spacial score (nSPS) is 14.7. The molecule has 0 amide bonds. The van der Waals surface area contributed by atoms with Gasteiger partial charge in [0.1, 0.15) is 19.8 Å². The number of likely N-dealkylation sites (N-methyl/N-ethyl adjacent to an activating group) is 1. The lowest BCUT2D eigenvalue weighted by atomic mass is 10.1. The van der Waals surface area contributed by atoms with Crippen LogP contribution in [0.4, 0.5) is 0 Å². The Morgan fingerprint density at radius 2 is 1.04 bits per heavy atom. The SMILES string of the molecule is CC/C=C/C=C/C=C/C=C/CCCCCC(=O)OC(COC(=O)CCCCCCC/C=C/C=C/C=C/C=C/CCCCC)COP(=O)([O-])OCC[N+](C)(C)C. The molecule has 312 valence electrons. The molecule has 0 heterocycles. The van der Waals surface area contributed by atoms with E-state index in [1.165, 1.54) is 19.3 Å². The lowest BCUT2D eigenvalue weighted by Gasteiger charge is -2.28. The van der Waals surface area contributed by atoms with Crippen molar-refractivity contribution >= 4 is 19.8 Å². The zero-order valence-corrected chi connectivity index (χ0v) is 35.7. The van der Waals surface area contributed by atoms with E-state index in [2.05, 4.69) is 56.4 Å². The number of nitrogens with zero attached hydrogens (tertiary/aromatic N) is 1. The second kappa shape index (κ2) is 36.6. The van der Waals surface area contributed by atoms with Crippen LogP contribution in [0, 0.1) is 0 Å². The zero-order chi connectivity index (χ0) is 40.7. The predicted octanol–water partition coefficient (Wildman–Crippen LogP) is 10.8. The number of unbranched alkanes of at least 4 members (excludes halogenated alkanes) is 11. The van der Waals surface area contributed by atoms with Crippen LogP contribution in [0.15, 0.2) is 97.2 Å². The Kier molecular flexibility index (Phi) is 34.5. The third-order valence-corrected chi connectivity index (χ3v) is 8.99. The topological polar surface area (TPSA) is 111 Å². The molecule has 0 saturated heterocycles. The maximum Gasteiger partial charge on any atom is 0.306 e. The van der Waals surface area contributed by atoms with Crippen LogP contribution < -0.4 is 4.89 Å². The third-order valence-electron chi connectivity index (χ3n) is 8.03. The number of phosphoric acid groups is 1. The van der Waals surface area contributed by atoms with E-state index in [-0.39, 0.29) is 26.1 Å². The van der Waals surface area contributed by atoms with E-state index in [4.69, 9.17) is 18.5 Å². The van der Waals surface area contributed by atoms with Crippen molar-refractivity contribution < 1.29 is 42.1 Å². The molecule has 10 heteroatoms. The second-order valence-electron chi connectivity index (χ2n) is 14.4. The molecule has 9 nitrogen and oxygen atoms in total. The highest BCUT2D eigenvalue weighted by molar-refractivity contribution is 7.45. The molecule has 0 radical (unpaired) electrons. The van der Waals surface area contributed by atoms with Crippen LogP contribution in [0.5, 0.6) is 0 Å². The number of esters is 2. The molecular formula is C45H74NO8P. The van der Waals surface area contributed by atoms with Crippen molar-refractivity contribution in [1.29, 1.82) is 0 Å². The van der Waals surface area contributed by atoms with E-state index >= 15 is 0 Å². The predicted molar refractivity (Wildman–Crippen MR) is 226 cm³/mol. The van der Waals surface area contributed by atoms with Crippen LogP contribution in [0.3, 0.4) is 0 Å². The van der Waals surface area contributed by atoms with Gasteiger partial charge in [0.25, 0.3) is 7.82 Å². The van der Waals surface area contributed by atoms with Crippen LogP contribution in [-0.4, -0.2) is 70.0 Å². The fourth-order valence-corrected chi connectivity index (χ4v) is 5.52. The first-order chi connectivity index (χ1) is 26.5. The minimum Gasteiger partial charge on any atom is -0.756 e. The maximum atomic E-state index is 12.6. The molecule has 2 unspecified atom stereocenters. The van der Waals surface area contributed by atoms with Gasteiger partial charge in [0.05, 0.1) is 27.7 Å². The highest BCUT2D eigenvalue weighted by Crippen LogP contribution is 2.38. The first-order valence-corrected chi connectivity index (χ1v) is 22.0. The van der Waals surface area contributed by atoms with Crippen LogP contribution in [0.1, 0.15) is 123 Å². The van der Waals surface area contributed by atoms with Gasteiger partial charge >= 0.3 is 11.9 Å². The number of phosphoric ester groups is 1. The lowest BCUT2D eigenvalue weighted by molar-refractivity contribution is -0.870. The van der Waals surface area contributed by atoms with Crippen molar-refractivity contribution in [3.05, 3.63) is 97.2 Å². The average molecular weight is 788 g/mol. The summed E-state index contributed by atoms with van der Waals surface area (Å²) >= 11 is 0. The Morgan fingerprint density at radius 1 is 0.582 bits per heavy atom. The van der Waals surface area contributed by atoms with Gasteiger partial charge in [0, 0.05) is 12.8 Å². The molecule has 0 aromatic carbocycles. The van der Waals surface area contributed by atoms with Crippen molar-refractivity contribution in [2.45, 2.75) is 129 Å². The fourth-order valence-electron chi connectivity index (χ4n) is 4.79. The van der Waals surface area contributed by atoms with E-state index in [0.29, 0.717) is 23.9 Å². The van der Waals surface area contributed by atoms with Crippen molar-refractivity contribution in [3.8, 4) is 0 Å². The largest absolute Gasteiger partial charge is 0.756 e. The summed E-state index contributed by atoms with van der Waals surface area (Å²) in [7, 11) is 1.10. The van der Waals surface area contributed by atoms with Gasteiger partial charge in [0.15, 0.2) is 6.10 Å². The van der Waals surface area contributed by atoms with Gasteiger partial charge in [-0.3, -0.25) is 14.2 Å². The molecule has 0 fully saturated rings. The van der Waals surface area contributed by atoms with Crippen LogP contribution in [0.2, 0.25) is 0 Å². The van der Waals surface area contributed by atoms with Crippen LogP contribution >= 0.6 is 7.82 Å². The van der Waals surface area contributed by atoms with Gasteiger partial charge < -0.3 is 27.9 Å². The first-order valence-electron chi connectivity index (χ1n) is 20.5. The second-order valence-corrected chi connectivity index (χ2v) is 15.9. The van der Waals surface area contributed by atoms with E-state index in [1.54, 1.807) is 0 Å². The first kappa shape index (κ1) is 51.9. The fraction of sp³-hybridized carbons (Fsp3) is 0.600. The summed E-state index contributed by atoms with van der Waals surface area (Å²) in [5, 5.41) is 0. The monoisotopic (exact) mass is 788 g/mol. The molecule has 0 rings (SSSR count). The Hall–Kier alpha value is -3.07. The smallest absolute Gasteiger partial charge is 0.306 e. The minimum atomic E-state index is -4.65. The molecule has 0 aliphatic heterocycles. The number of carbonyl (C=O) groups excluding carboxylic acids is 2. The Balaban J connectivity index is 4.52. The molecular weight excluding hydrogens is 713 g/mol. The van der Waals surface area contributed by atoms with Gasteiger partial charge in [-0.15, -0.1) is 0 Å². The molecule has 0 aliphatic carbocycles. The van der Waals surface area contributed by atoms with E-state index < -0.39 is 32.5 Å². The molecule has 0 aliphatic rings. The summed E-state index contributed by atoms with van der Waals surface area (Å²) in [6.07, 6.45) is 47.2. The van der Waals surface area contributed by atoms with Gasteiger partial charge in [0.2, 0.25) is 0 Å². The molecule has 0 N–H and O–H groups in total. The number of quaternary nitrogens is 1. The van der Waals surface area contributed by atoms with E-state index in [9.17, 15) is 19.0 Å². The number of allylic oxidation sites excluding steroid dienone is 16. The molecule has 0 aromatic heterocycles. The standard InChI is InChI=1S/C45H74NO8P/c1-6-8-10-12-14-16-18-20-21-22-23-24-26-27-29-31-33-35-37-44(47)51-41-43(42-53-55(49,50)52-40-39-46(3,4)5)54-45(48)38-36-34-32-30-28-25-19-17-15-13-11-9-7-2/h9,11,13-25,28,43H,6-8,10,12,26-27,29-42H2,1-5H3/b11-9+,15-13+,16-14+,19-17+,20-18+,22-21+,24-23+,28-25+. The lowest BCUT2D eigenvalue weighted by Crippen LogP contribution is -2.37. The number of hydrogen-bond acceptors (Lipinski definition) is 8. The Morgan fingerprint density at radius 3 is 1.56 bits per heavy atom. The summed E-state index contributed by atoms with van der Waals surface area (Å²) in [6, 6.07) is 0. The van der Waals surface area contributed by atoms with Crippen molar-refractivity contribution in [1.82, 2.24) is 0 Å². The third kappa shape index (κ3) is 40.4. The number of rotatable bonds is 35. The summed E-state index contributed by atoms with van der Waals surface area (Å²) in [5.74, 6) is -0.920. The highest BCUT2D eigenvalue weighted by atomic mass is 31.2. The summed E-state index contributed by atoms with van der Waals surface area (Å²) in [5.41, 5.74) is 0. The zero-order valence-electron chi connectivity index (χ0n) is 34.8. The van der Waals surface area contributed by atoms with Crippen molar-refractivity contribution in [3.63, 3.8) is 0 Å². The number of carbonyl (C=O) groups is 2. The van der Waals surface area contributed by atoms with E-state index in [0.717, 1.165) is 64.2 Å². The molecule has 2 atom stereocenters. The molecule has 0 spiro atoms. The Labute approximate surface area is 334 Å². The van der Waals surface area contributed by atoms with Crippen molar-refractivity contribution in [2.24, 2.45) is 0 Å². The Bertz CT molecular complexity index is 1260. The van der Waals surface area contributed by atoms with E-state index in [1.807, 2.05) is 75.8 Å².